The van der Waals surface area contributed by atoms with Gasteiger partial charge in [0, 0.05) is 0 Å². The Morgan fingerprint density at radius 2 is 0.651 bits per heavy atom. The zero-order valence-corrected chi connectivity index (χ0v) is 27.4. The second-order valence-electron chi connectivity index (χ2n) is 10.9. The van der Waals surface area contributed by atoms with Gasteiger partial charge in [0.1, 0.15) is 0 Å². The fourth-order valence-corrected chi connectivity index (χ4v) is 16.0. The van der Waals surface area contributed by atoms with E-state index in [0.29, 0.717) is 7.25 Å². The first-order chi connectivity index (χ1) is 20.4. The van der Waals surface area contributed by atoms with Gasteiger partial charge >= 0.3 is 251 Å². The maximum absolute atomic E-state index is 2.73. The summed E-state index contributed by atoms with van der Waals surface area (Å²) in [7, 11) is 0. The van der Waals surface area contributed by atoms with Crippen LogP contribution in [0.5, 0.6) is 0 Å². The van der Waals surface area contributed by atoms with Gasteiger partial charge in [0.25, 0.3) is 0 Å². The van der Waals surface area contributed by atoms with Crippen LogP contribution in [0, 0.1) is 0 Å². The third-order valence-electron chi connectivity index (χ3n) is 8.68. The van der Waals surface area contributed by atoms with Gasteiger partial charge in [-0.1, -0.05) is 0 Å². The van der Waals surface area contributed by atoms with E-state index in [-0.39, 0.29) is 24.8 Å². The molecule has 6 aromatic carbocycles. The van der Waals surface area contributed by atoms with Crippen LogP contribution in [-0.4, -0.2) is 4.51 Å². The van der Waals surface area contributed by atoms with Crippen molar-refractivity contribution >= 4 is 15.9 Å². The Hall–Kier alpha value is -3.35. The molecule has 0 heterocycles. The monoisotopic (exact) mass is 669 g/mol. The molecule has 2 aliphatic rings. The quantitative estimate of drug-likeness (QED) is 0.254. The molecule has 6 aromatic rings. The minimum atomic E-state index is -2.73. The van der Waals surface area contributed by atoms with Gasteiger partial charge in [-0.25, -0.2) is 0 Å². The smallest absolute Gasteiger partial charge is 1.00 e. The molecule has 5 heteroatoms. The van der Waals surface area contributed by atoms with Crippen molar-refractivity contribution in [3.8, 4) is 22.3 Å². The van der Waals surface area contributed by atoms with Gasteiger partial charge < -0.3 is 24.8 Å². The molecule has 0 aliphatic heterocycles. The molecule has 0 amide bonds. The van der Waals surface area contributed by atoms with Crippen LogP contribution in [0.25, 0.3) is 22.3 Å². The van der Waals surface area contributed by atoms with Crippen LogP contribution >= 0.6 is 0 Å². The molecule has 1 nitrogen and oxygen atoms in total. The van der Waals surface area contributed by atoms with Gasteiger partial charge in [0.05, 0.1) is 0 Å². The second kappa shape index (κ2) is 12.7. The summed E-state index contributed by atoms with van der Waals surface area (Å²) in [5, 5.41) is 0. The van der Waals surface area contributed by atoms with Crippen molar-refractivity contribution in [3.05, 3.63) is 180 Å². The molecule has 0 spiro atoms. The largest absolute Gasteiger partial charge is 1.00 e. The van der Waals surface area contributed by atoms with Gasteiger partial charge in [0.15, 0.2) is 0 Å². The SMILES string of the molecule is [B](N(c1ccccc1)c1ccccc1)=[Zr+2]([CH]1c2ccccc2-c2ccccc21)[CH]1c2ccccc2-c2ccccc21.[Cl-].[Cl-]. The van der Waals surface area contributed by atoms with E-state index in [4.69, 9.17) is 0 Å². The molecule has 206 valence electrons. The van der Waals surface area contributed by atoms with Gasteiger partial charge in [0.2, 0.25) is 0 Å². The first-order valence-electron chi connectivity index (χ1n) is 14.4. The number of anilines is 2. The molecule has 0 aromatic heterocycles. The summed E-state index contributed by atoms with van der Waals surface area (Å²) < 4.78 is 3.54. The summed E-state index contributed by atoms with van der Waals surface area (Å²) in [6, 6.07) is 58.5. The number of halogens is 2. The van der Waals surface area contributed by atoms with Crippen LogP contribution < -0.4 is 29.6 Å². The minimum Gasteiger partial charge on any atom is -1.00 e. The van der Waals surface area contributed by atoms with Crippen molar-refractivity contribution in [2.75, 3.05) is 4.81 Å². The van der Waals surface area contributed by atoms with Crippen molar-refractivity contribution in [1.82, 2.24) is 0 Å². The number of benzene rings is 6. The molecule has 2 aliphatic carbocycles. The molecule has 43 heavy (non-hydrogen) atoms. The van der Waals surface area contributed by atoms with Gasteiger partial charge in [-0.2, -0.15) is 0 Å². The summed E-state index contributed by atoms with van der Waals surface area (Å²) in [4.78, 5) is 2.50. The topological polar surface area (TPSA) is 3.24 Å². The molecular weight excluding hydrogens is 643 g/mol. The number of fused-ring (bicyclic) bond motifs is 6. The zero-order chi connectivity index (χ0) is 27.2. The van der Waals surface area contributed by atoms with Crippen molar-refractivity contribution in [1.29, 1.82) is 0 Å². The van der Waals surface area contributed by atoms with Crippen molar-refractivity contribution in [3.63, 3.8) is 0 Å². The van der Waals surface area contributed by atoms with Crippen LogP contribution in [0.4, 0.5) is 11.4 Å². The Kier molecular flexibility index (Phi) is 8.78. The normalized spacial score (nSPS) is 12.3. The first kappa shape index (κ1) is 29.7. The summed E-state index contributed by atoms with van der Waals surface area (Å²) >= 11 is -2.73. The standard InChI is InChI=1S/2C13H9.C12H10BN.2ClH.Zr/c2*1-3-7-12-10(5-1)9-11-6-2-4-8-13(11)12;13-14(11-7-3-1-4-8-11)12-9-5-2-6-10-12;;;/h2*1-9H;1-10H;2*1H;/q;;;;;+2/p-2. The van der Waals surface area contributed by atoms with E-state index in [0.717, 1.165) is 0 Å². The molecule has 0 saturated carbocycles. The average Bonchev–Trinajstić information content (AvgIpc) is 3.56. The maximum Gasteiger partial charge on any atom is -1.00 e. The fourth-order valence-electron chi connectivity index (χ4n) is 6.97. The first-order valence-corrected chi connectivity index (χ1v) is 18.6. The molecule has 0 atom stereocenters. The van der Waals surface area contributed by atoms with E-state index >= 15 is 0 Å². The number of para-hydroxylation sites is 2. The average molecular weight is 672 g/mol. The van der Waals surface area contributed by atoms with Crippen LogP contribution in [0.2, 0.25) is 0 Å². The van der Waals surface area contributed by atoms with Crippen LogP contribution in [-0.2, 0) is 21.0 Å². The van der Waals surface area contributed by atoms with E-state index in [1.54, 1.807) is 0 Å². The predicted molar refractivity (Wildman–Crippen MR) is 168 cm³/mol. The molecule has 8 rings (SSSR count). The van der Waals surface area contributed by atoms with E-state index in [9.17, 15) is 0 Å². The third-order valence-corrected chi connectivity index (χ3v) is 16.4. The van der Waals surface area contributed by atoms with Crippen molar-refractivity contribution in [2.24, 2.45) is 0 Å². The Morgan fingerprint density at radius 1 is 0.372 bits per heavy atom. The van der Waals surface area contributed by atoms with E-state index in [1.807, 2.05) is 0 Å². The zero-order valence-electron chi connectivity index (χ0n) is 23.4. The summed E-state index contributed by atoms with van der Waals surface area (Å²) in [6.07, 6.45) is 0. The number of hydrogen-bond acceptors (Lipinski definition) is 1. The molecule has 0 fully saturated rings. The second-order valence-corrected chi connectivity index (χ2v) is 16.8. The number of hydrogen-bond donors (Lipinski definition) is 0. The molecule has 0 bridgehead atoms. The maximum atomic E-state index is 2.72. The Morgan fingerprint density at radius 3 is 0.977 bits per heavy atom. The third kappa shape index (κ3) is 5.12. The summed E-state index contributed by atoms with van der Waals surface area (Å²) in [5.41, 5.74) is 14.1. The molecule has 0 radical (unpaired) electrons. The van der Waals surface area contributed by atoms with Gasteiger partial charge in [-0.15, -0.1) is 0 Å². The predicted octanol–water partition coefficient (Wildman–Crippen LogP) is 3.53. The molecular formula is C38H28BCl2NZr. The van der Waals surface area contributed by atoms with Crippen LogP contribution in [0.3, 0.4) is 0 Å². The van der Waals surface area contributed by atoms with Crippen LogP contribution in [0.15, 0.2) is 158 Å². The minimum absolute atomic E-state index is 0. The molecule has 0 unspecified atom stereocenters. The Labute approximate surface area is 274 Å². The molecule has 0 saturated heterocycles. The van der Waals surface area contributed by atoms with Crippen LogP contribution in [0.1, 0.15) is 29.5 Å². The fraction of sp³-hybridized carbons (Fsp3) is 0.0526. The van der Waals surface area contributed by atoms with Gasteiger partial charge in [-0.05, 0) is 0 Å². The van der Waals surface area contributed by atoms with Gasteiger partial charge in [-0.3, -0.25) is 0 Å². The van der Waals surface area contributed by atoms with Crippen molar-refractivity contribution in [2.45, 2.75) is 7.25 Å². The van der Waals surface area contributed by atoms with E-state index in [2.05, 4.69) is 167 Å². The Balaban J connectivity index is 0.00000165. The summed E-state index contributed by atoms with van der Waals surface area (Å²) in [6.45, 7) is 0. The number of rotatable bonds is 5. The van der Waals surface area contributed by atoms with E-state index in [1.165, 1.54) is 55.9 Å². The number of nitrogens with zero attached hydrogens (tertiary/aromatic N) is 1. The summed E-state index contributed by atoms with van der Waals surface area (Å²) in [5.74, 6) is 0. The van der Waals surface area contributed by atoms with E-state index < -0.39 is 21.0 Å². The Bertz CT molecular complexity index is 1700. The van der Waals surface area contributed by atoms with Crippen molar-refractivity contribution < 1.29 is 45.8 Å². The molecule has 0 N–H and O–H groups in total.